The highest BCUT2D eigenvalue weighted by Crippen LogP contribution is 2.42. The average molecular weight is 275 g/mol. The number of rotatable bonds is 5. The molecule has 4 heteroatoms. The average Bonchev–Trinajstić information content (AvgIpc) is 3.01. The third-order valence-electron chi connectivity index (χ3n) is 4.10. The third-order valence-corrected chi connectivity index (χ3v) is 5.06. The highest BCUT2D eigenvalue weighted by atomic mass is 32.1. The first-order valence-corrected chi connectivity index (χ1v) is 7.80. The van der Waals surface area contributed by atoms with Gasteiger partial charge in [0.25, 0.3) is 0 Å². The molecule has 1 atom stereocenters. The van der Waals surface area contributed by atoms with Crippen molar-refractivity contribution in [2.75, 3.05) is 0 Å². The zero-order valence-corrected chi connectivity index (χ0v) is 12.6. The molecule has 19 heavy (non-hydrogen) atoms. The maximum atomic E-state index is 4.49. The summed E-state index contributed by atoms with van der Waals surface area (Å²) in [7, 11) is 2.02. The van der Waals surface area contributed by atoms with Crippen molar-refractivity contribution >= 4 is 11.3 Å². The predicted octanol–water partition coefficient (Wildman–Crippen LogP) is 3.34. The van der Waals surface area contributed by atoms with Crippen molar-refractivity contribution in [1.82, 2.24) is 15.1 Å². The molecule has 1 aliphatic carbocycles. The predicted molar refractivity (Wildman–Crippen MR) is 79.3 cm³/mol. The summed E-state index contributed by atoms with van der Waals surface area (Å²) in [5.41, 5.74) is 3.77. The molecule has 1 saturated carbocycles. The molecule has 0 radical (unpaired) electrons. The summed E-state index contributed by atoms with van der Waals surface area (Å²) >= 11 is 1.86. The molecule has 2 heterocycles. The van der Waals surface area contributed by atoms with Crippen LogP contribution in [0.15, 0.2) is 17.5 Å². The standard InChI is InChI=1S/C15H21N3S/c1-10-13(11(2)18(3)17-10)9-16-15(12-6-7-12)14-5-4-8-19-14/h4-5,8,12,15-16H,6-7,9H2,1-3H3. The first-order valence-electron chi connectivity index (χ1n) is 6.92. The number of thiophene rings is 1. The number of hydrogen-bond donors (Lipinski definition) is 1. The Hall–Kier alpha value is -1.13. The van der Waals surface area contributed by atoms with Gasteiger partial charge in [0.15, 0.2) is 0 Å². The van der Waals surface area contributed by atoms with Crippen molar-refractivity contribution in [2.24, 2.45) is 13.0 Å². The summed E-state index contributed by atoms with van der Waals surface area (Å²) in [5.74, 6) is 0.830. The third kappa shape index (κ3) is 2.60. The van der Waals surface area contributed by atoms with Gasteiger partial charge in [0.1, 0.15) is 0 Å². The second kappa shape index (κ2) is 5.10. The molecule has 1 fully saturated rings. The molecule has 102 valence electrons. The van der Waals surface area contributed by atoms with Crippen LogP contribution in [0.3, 0.4) is 0 Å². The Balaban J connectivity index is 1.73. The normalized spacial score (nSPS) is 16.8. The highest BCUT2D eigenvalue weighted by molar-refractivity contribution is 7.10. The van der Waals surface area contributed by atoms with Crippen molar-refractivity contribution in [2.45, 2.75) is 39.3 Å². The van der Waals surface area contributed by atoms with Crippen LogP contribution in [0.25, 0.3) is 0 Å². The first-order chi connectivity index (χ1) is 9.16. The Morgan fingerprint density at radius 1 is 1.47 bits per heavy atom. The summed E-state index contributed by atoms with van der Waals surface area (Å²) < 4.78 is 1.98. The van der Waals surface area contributed by atoms with E-state index in [1.807, 2.05) is 23.1 Å². The summed E-state index contributed by atoms with van der Waals surface area (Å²) in [6.45, 7) is 5.17. The van der Waals surface area contributed by atoms with Crippen LogP contribution in [0.5, 0.6) is 0 Å². The summed E-state index contributed by atoms with van der Waals surface area (Å²) in [6.07, 6.45) is 2.72. The van der Waals surface area contributed by atoms with E-state index >= 15 is 0 Å². The molecule has 0 saturated heterocycles. The van der Waals surface area contributed by atoms with E-state index in [-0.39, 0.29) is 0 Å². The molecular formula is C15H21N3S. The summed E-state index contributed by atoms with van der Waals surface area (Å²) in [5, 5.41) is 10.4. The van der Waals surface area contributed by atoms with Gasteiger partial charge in [-0.25, -0.2) is 0 Å². The smallest absolute Gasteiger partial charge is 0.0641 e. The molecule has 0 aromatic carbocycles. The number of hydrogen-bond acceptors (Lipinski definition) is 3. The minimum Gasteiger partial charge on any atom is -0.305 e. The molecule has 2 aromatic heterocycles. The molecule has 1 N–H and O–H groups in total. The SMILES string of the molecule is Cc1nn(C)c(C)c1CNC(c1cccs1)C1CC1. The molecule has 2 aromatic rings. The molecule has 0 amide bonds. The van der Waals surface area contributed by atoms with E-state index in [1.54, 1.807) is 0 Å². The number of aryl methyl sites for hydroxylation is 2. The van der Waals surface area contributed by atoms with Crippen molar-refractivity contribution in [3.05, 3.63) is 39.3 Å². The van der Waals surface area contributed by atoms with Gasteiger partial charge in [0.2, 0.25) is 0 Å². The number of nitrogens with one attached hydrogen (secondary N) is 1. The van der Waals surface area contributed by atoms with Crippen LogP contribution in [0.2, 0.25) is 0 Å². The second-order valence-corrected chi connectivity index (χ2v) is 6.46. The molecule has 3 rings (SSSR count). The fourth-order valence-electron chi connectivity index (χ4n) is 2.68. The molecular weight excluding hydrogens is 254 g/mol. The van der Waals surface area contributed by atoms with Crippen LogP contribution < -0.4 is 5.32 Å². The summed E-state index contributed by atoms with van der Waals surface area (Å²) in [6, 6.07) is 4.93. The number of aromatic nitrogens is 2. The lowest BCUT2D eigenvalue weighted by molar-refractivity contribution is 0.486. The van der Waals surface area contributed by atoms with Crippen molar-refractivity contribution in [3.8, 4) is 0 Å². The van der Waals surface area contributed by atoms with Gasteiger partial charge in [0, 0.05) is 35.8 Å². The Morgan fingerprint density at radius 2 is 2.26 bits per heavy atom. The van der Waals surface area contributed by atoms with Crippen LogP contribution in [-0.2, 0) is 13.6 Å². The van der Waals surface area contributed by atoms with Gasteiger partial charge in [-0.1, -0.05) is 6.07 Å². The Labute approximate surface area is 118 Å². The molecule has 0 bridgehead atoms. The van der Waals surface area contributed by atoms with Crippen LogP contribution in [0, 0.1) is 19.8 Å². The second-order valence-electron chi connectivity index (χ2n) is 5.48. The van der Waals surface area contributed by atoms with Crippen LogP contribution in [-0.4, -0.2) is 9.78 Å². The first kappa shape index (κ1) is 12.9. The molecule has 1 aliphatic rings. The largest absolute Gasteiger partial charge is 0.305 e. The van der Waals surface area contributed by atoms with E-state index in [9.17, 15) is 0 Å². The lowest BCUT2D eigenvalue weighted by atomic mass is 10.1. The molecule has 3 nitrogen and oxygen atoms in total. The maximum Gasteiger partial charge on any atom is 0.0641 e. The number of nitrogens with zero attached hydrogens (tertiary/aromatic N) is 2. The summed E-state index contributed by atoms with van der Waals surface area (Å²) in [4.78, 5) is 1.47. The fourth-order valence-corrected chi connectivity index (χ4v) is 3.58. The Bertz CT molecular complexity index is 552. The van der Waals surface area contributed by atoms with Gasteiger partial charge >= 0.3 is 0 Å². The van der Waals surface area contributed by atoms with Gasteiger partial charge in [-0.2, -0.15) is 5.10 Å². The van der Waals surface area contributed by atoms with Crippen molar-refractivity contribution in [3.63, 3.8) is 0 Å². The fraction of sp³-hybridized carbons (Fsp3) is 0.533. The lowest BCUT2D eigenvalue weighted by Gasteiger charge is -2.17. The van der Waals surface area contributed by atoms with Gasteiger partial charge in [0.05, 0.1) is 5.69 Å². The monoisotopic (exact) mass is 275 g/mol. The van der Waals surface area contributed by atoms with Crippen molar-refractivity contribution in [1.29, 1.82) is 0 Å². The van der Waals surface area contributed by atoms with E-state index in [1.165, 1.54) is 29.0 Å². The van der Waals surface area contributed by atoms with Gasteiger partial charge < -0.3 is 5.32 Å². The Kier molecular flexibility index (Phi) is 3.46. The van der Waals surface area contributed by atoms with E-state index in [4.69, 9.17) is 0 Å². The topological polar surface area (TPSA) is 29.9 Å². The van der Waals surface area contributed by atoms with Gasteiger partial charge in [-0.05, 0) is 44.1 Å². The zero-order valence-electron chi connectivity index (χ0n) is 11.8. The van der Waals surface area contributed by atoms with E-state index in [0.29, 0.717) is 6.04 Å². The van der Waals surface area contributed by atoms with E-state index < -0.39 is 0 Å². The Morgan fingerprint density at radius 3 is 2.79 bits per heavy atom. The zero-order chi connectivity index (χ0) is 13.4. The van der Waals surface area contributed by atoms with E-state index in [2.05, 4.69) is 41.8 Å². The maximum absolute atomic E-state index is 4.49. The van der Waals surface area contributed by atoms with E-state index in [0.717, 1.165) is 18.2 Å². The van der Waals surface area contributed by atoms with Crippen LogP contribution >= 0.6 is 11.3 Å². The quantitative estimate of drug-likeness (QED) is 0.907. The van der Waals surface area contributed by atoms with Gasteiger partial charge in [-0.15, -0.1) is 11.3 Å². The minimum atomic E-state index is 0.527. The lowest BCUT2D eigenvalue weighted by Crippen LogP contribution is -2.22. The molecule has 0 aliphatic heterocycles. The highest BCUT2D eigenvalue weighted by Gasteiger charge is 2.32. The minimum absolute atomic E-state index is 0.527. The van der Waals surface area contributed by atoms with Crippen molar-refractivity contribution < 1.29 is 0 Å². The van der Waals surface area contributed by atoms with Crippen LogP contribution in [0.4, 0.5) is 0 Å². The molecule has 1 unspecified atom stereocenters. The van der Waals surface area contributed by atoms with Crippen LogP contribution in [0.1, 0.15) is 40.7 Å². The van der Waals surface area contributed by atoms with Gasteiger partial charge in [-0.3, -0.25) is 4.68 Å². The molecule has 0 spiro atoms.